The third-order valence-electron chi connectivity index (χ3n) is 3.01. The fraction of sp³-hybridized carbons (Fsp3) is 0.438. The van der Waals surface area contributed by atoms with Crippen LogP contribution in [0.3, 0.4) is 0 Å². The van der Waals surface area contributed by atoms with Gasteiger partial charge in [-0.2, -0.15) is 4.98 Å². The smallest absolute Gasteiger partial charge is 0.224 e. The maximum Gasteiger partial charge on any atom is 0.224 e. The summed E-state index contributed by atoms with van der Waals surface area (Å²) in [4.78, 5) is 13.2. The van der Waals surface area contributed by atoms with Gasteiger partial charge in [-0.1, -0.05) is 27.7 Å². The Morgan fingerprint density at radius 2 is 1.86 bits per heavy atom. The van der Waals surface area contributed by atoms with E-state index in [0.717, 1.165) is 17.8 Å². The molecule has 0 saturated carbocycles. The van der Waals surface area contributed by atoms with Crippen molar-refractivity contribution in [3.63, 3.8) is 0 Å². The van der Waals surface area contributed by atoms with Gasteiger partial charge < -0.3 is 10.5 Å². The number of ether oxygens (including phenoxy) is 1. The minimum atomic E-state index is -0.188. The van der Waals surface area contributed by atoms with E-state index in [1.165, 1.54) is 0 Å². The molecule has 2 rings (SSSR count). The predicted molar refractivity (Wildman–Crippen MR) is 83.6 cm³/mol. The summed E-state index contributed by atoms with van der Waals surface area (Å²) in [6.07, 6.45) is 0.795. The normalized spacial score (nSPS) is 11.5. The van der Waals surface area contributed by atoms with Gasteiger partial charge in [0.2, 0.25) is 5.88 Å². The van der Waals surface area contributed by atoms with Crippen LogP contribution in [0.2, 0.25) is 0 Å². The molecule has 5 heteroatoms. The molecule has 0 spiro atoms. The Bertz CT molecular complexity index is 647. The van der Waals surface area contributed by atoms with Gasteiger partial charge in [0, 0.05) is 17.2 Å². The topological polar surface area (TPSA) is 73.9 Å². The molecule has 0 aliphatic heterocycles. The minimum absolute atomic E-state index is 0.188. The van der Waals surface area contributed by atoms with E-state index in [2.05, 4.69) is 15.0 Å². The molecule has 5 nitrogen and oxygen atoms in total. The van der Waals surface area contributed by atoms with E-state index in [-0.39, 0.29) is 5.41 Å². The number of pyridine rings is 1. The average molecular weight is 286 g/mol. The lowest BCUT2D eigenvalue weighted by atomic mass is 9.96. The van der Waals surface area contributed by atoms with Gasteiger partial charge in [-0.05, 0) is 25.5 Å². The van der Waals surface area contributed by atoms with Gasteiger partial charge in [-0.3, -0.25) is 4.98 Å². The van der Waals surface area contributed by atoms with Crippen molar-refractivity contribution in [1.29, 1.82) is 0 Å². The molecule has 0 fully saturated rings. The van der Waals surface area contributed by atoms with Crippen LogP contribution in [0.25, 0.3) is 0 Å². The summed E-state index contributed by atoms with van der Waals surface area (Å²) in [5.74, 6) is 2.23. The maximum atomic E-state index is 5.88. The van der Waals surface area contributed by atoms with Crippen molar-refractivity contribution in [2.24, 2.45) is 0 Å². The van der Waals surface area contributed by atoms with Crippen molar-refractivity contribution in [2.45, 2.75) is 46.5 Å². The Morgan fingerprint density at radius 3 is 2.48 bits per heavy atom. The van der Waals surface area contributed by atoms with Gasteiger partial charge in [0.05, 0.1) is 5.69 Å². The summed E-state index contributed by atoms with van der Waals surface area (Å²) in [6, 6.07) is 5.47. The second-order valence-corrected chi connectivity index (χ2v) is 6.06. The fourth-order valence-electron chi connectivity index (χ4n) is 1.89. The van der Waals surface area contributed by atoms with Crippen LogP contribution in [0.15, 0.2) is 18.2 Å². The number of rotatable bonds is 3. The number of anilines is 1. The molecule has 0 aromatic carbocycles. The van der Waals surface area contributed by atoms with Gasteiger partial charge in [0.25, 0.3) is 0 Å². The quantitative estimate of drug-likeness (QED) is 0.935. The zero-order chi connectivity index (χ0) is 15.6. The number of nitrogens with two attached hydrogens (primary N) is 1. The number of nitrogens with zero attached hydrogens (tertiary/aromatic N) is 3. The van der Waals surface area contributed by atoms with Crippen molar-refractivity contribution in [1.82, 2.24) is 15.0 Å². The van der Waals surface area contributed by atoms with Crippen molar-refractivity contribution in [3.05, 3.63) is 35.4 Å². The molecule has 0 unspecified atom stereocenters. The molecule has 2 aromatic heterocycles. The van der Waals surface area contributed by atoms with Gasteiger partial charge in [-0.15, -0.1) is 0 Å². The van der Waals surface area contributed by atoms with Crippen LogP contribution in [0.5, 0.6) is 11.6 Å². The highest BCUT2D eigenvalue weighted by Crippen LogP contribution is 2.27. The number of hydrogen-bond acceptors (Lipinski definition) is 5. The van der Waals surface area contributed by atoms with Crippen molar-refractivity contribution in [3.8, 4) is 11.6 Å². The zero-order valence-corrected chi connectivity index (χ0v) is 13.3. The van der Waals surface area contributed by atoms with E-state index in [4.69, 9.17) is 10.5 Å². The zero-order valence-electron chi connectivity index (χ0n) is 13.3. The Kier molecular flexibility index (Phi) is 4.11. The predicted octanol–water partition coefficient (Wildman–Crippen LogP) is 3.41. The molecule has 0 amide bonds. The number of aromatic nitrogens is 3. The SMILES string of the molecule is CCc1nc(C)ccc1Oc1cc(N)nc(C(C)(C)C)n1. The van der Waals surface area contributed by atoms with Crippen LogP contribution in [0.4, 0.5) is 5.82 Å². The molecule has 21 heavy (non-hydrogen) atoms. The molecular weight excluding hydrogens is 264 g/mol. The molecule has 2 N–H and O–H groups in total. The molecule has 0 aliphatic carbocycles. The van der Waals surface area contributed by atoms with Crippen LogP contribution in [0.1, 0.15) is 44.9 Å². The Morgan fingerprint density at radius 1 is 1.14 bits per heavy atom. The number of nitrogen functional groups attached to an aromatic ring is 1. The van der Waals surface area contributed by atoms with E-state index in [0.29, 0.717) is 23.3 Å². The van der Waals surface area contributed by atoms with Crippen LogP contribution in [-0.2, 0) is 11.8 Å². The summed E-state index contributed by atoms with van der Waals surface area (Å²) in [5, 5.41) is 0. The summed E-state index contributed by atoms with van der Waals surface area (Å²) < 4.78 is 5.88. The lowest BCUT2D eigenvalue weighted by molar-refractivity contribution is 0.439. The summed E-state index contributed by atoms with van der Waals surface area (Å²) in [6.45, 7) is 10.1. The first kappa shape index (κ1) is 15.2. The van der Waals surface area contributed by atoms with Crippen LogP contribution in [-0.4, -0.2) is 15.0 Å². The summed E-state index contributed by atoms with van der Waals surface area (Å²) in [7, 11) is 0. The average Bonchev–Trinajstić information content (AvgIpc) is 2.39. The fourth-order valence-corrected chi connectivity index (χ4v) is 1.89. The largest absolute Gasteiger partial charge is 0.437 e. The highest BCUT2D eigenvalue weighted by Gasteiger charge is 2.19. The van der Waals surface area contributed by atoms with Crippen molar-refractivity contribution in [2.75, 3.05) is 5.73 Å². The lowest BCUT2D eigenvalue weighted by Crippen LogP contribution is -2.17. The molecule has 0 bridgehead atoms. The van der Waals surface area contributed by atoms with Crippen molar-refractivity contribution < 1.29 is 4.74 Å². The van der Waals surface area contributed by atoms with Gasteiger partial charge in [0.1, 0.15) is 11.6 Å². The van der Waals surface area contributed by atoms with Crippen LogP contribution >= 0.6 is 0 Å². The second kappa shape index (κ2) is 5.68. The molecular formula is C16H22N4O. The molecule has 0 saturated heterocycles. The Hall–Kier alpha value is -2.17. The highest BCUT2D eigenvalue weighted by molar-refractivity contribution is 5.38. The number of aryl methyl sites for hydroxylation is 2. The van der Waals surface area contributed by atoms with Crippen LogP contribution < -0.4 is 10.5 Å². The monoisotopic (exact) mass is 286 g/mol. The Balaban J connectivity index is 2.38. The highest BCUT2D eigenvalue weighted by atomic mass is 16.5. The standard InChI is InChI=1S/C16H22N4O/c1-6-11-12(8-7-10(2)18-11)21-14-9-13(17)19-15(20-14)16(3,4)5/h7-9H,6H2,1-5H3,(H2,17,19,20). The molecule has 0 atom stereocenters. The molecule has 0 radical (unpaired) electrons. The summed E-state index contributed by atoms with van der Waals surface area (Å²) >= 11 is 0. The first-order valence-corrected chi connectivity index (χ1v) is 7.09. The molecule has 0 aliphatic rings. The van der Waals surface area contributed by atoms with E-state index in [1.807, 2.05) is 46.8 Å². The molecule has 2 heterocycles. The summed E-state index contributed by atoms with van der Waals surface area (Å²) in [5.41, 5.74) is 7.55. The van der Waals surface area contributed by atoms with Crippen LogP contribution in [0, 0.1) is 6.92 Å². The van der Waals surface area contributed by atoms with E-state index in [9.17, 15) is 0 Å². The first-order valence-electron chi connectivity index (χ1n) is 7.09. The lowest BCUT2D eigenvalue weighted by Gasteiger charge is -2.18. The molecule has 2 aromatic rings. The third kappa shape index (κ3) is 3.68. The van der Waals surface area contributed by atoms with E-state index in [1.54, 1.807) is 6.07 Å². The number of hydrogen-bond donors (Lipinski definition) is 1. The maximum absolute atomic E-state index is 5.88. The van der Waals surface area contributed by atoms with Gasteiger partial charge in [-0.25, -0.2) is 4.98 Å². The minimum Gasteiger partial charge on any atom is -0.437 e. The Labute approximate surface area is 125 Å². The second-order valence-electron chi connectivity index (χ2n) is 6.06. The first-order chi connectivity index (χ1) is 9.79. The van der Waals surface area contributed by atoms with Crippen molar-refractivity contribution >= 4 is 5.82 Å². The van der Waals surface area contributed by atoms with Gasteiger partial charge in [0.15, 0.2) is 5.75 Å². The molecule has 112 valence electrons. The third-order valence-corrected chi connectivity index (χ3v) is 3.01. The van der Waals surface area contributed by atoms with E-state index < -0.39 is 0 Å². The van der Waals surface area contributed by atoms with E-state index >= 15 is 0 Å². The van der Waals surface area contributed by atoms with Gasteiger partial charge >= 0.3 is 0 Å².